The van der Waals surface area contributed by atoms with Crippen LogP contribution in [0.1, 0.15) is 5.82 Å². The van der Waals surface area contributed by atoms with E-state index in [0.29, 0.717) is 31.2 Å². The summed E-state index contributed by atoms with van der Waals surface area (Å²) in [6, 6.07) is 3.74. The van der Waals surface area contributed by atoms with Gasteiger partial charge in [0.05, 0.1) is 17.9 Å². The topological polar surface area (TPSA) is 65.5 Å². The number of imidazole rings is 1. The second kappa shape index (κ2) is 4.96. The molecule has 1 aromatic heterocycles. The van der Waals surface area contributed by atoms with Gasteiger partial charge < -0.3 is 24.7 Å². The van der Waals surface area contributed by atoms with Crippen LogP contribution in [0.25, 0.3) is 0 Å². The first-order valence-electron chi connectivity index (χ1n) is 6.51. The van der Waals surface area contributed by atoms with Gasteiger partial charge in [0.25, 0.3) is 0 Å². The van der Waals surface area contributed by atoms with Crippen LogP contribution in [-0.2, 0) is 13.6 Å². The summed E-state index contributed by atoms with van der Waals surface area (Å²) in [4.78, 5) is 6.37. The molecule has 0 aliphatic carbocycles. The first-order valence-corrected chi connectivity index (χ1v) is 6.51. The fourth-order valence-electron chi connectivity index (χ4n) is 2.27. The van der Waals surface area contributed by atoms with E-state index in [0.717, 1.165) is 17.3 Å². The van der Waals surface area contributed by atoms with Crippen molar-refractivity contribution in [1.29, 1.82) is 0 Å². The minimum absolute atomic E-state index is 0.564. The van der Waals surface area contributed by atoms with Gasteiger partial charge >= 0.3 is 0 Å². The van der Waals surface area contributed by atoms with E-state index in [4.69, 9.17) is 15.2 Å². The monoisotopic (exact) mass is 274 g/mol. The second-order valence-corrected chi connectivity index (χ2v) is 4.87. The number of hydrogen-bond donors (Lipinski definition) is 1. The van der Waals surface area contributed by atoms with Gasteiger partial charge in [0, 0.05) is 38.6 Å². The highest BCUT2D eigenvalue weighted by atomic mass is 16.6. The standard InChI is InChI=1S/C14H18N4O2/c1-17-4-3-16-14(17)9-18(2)11-8-13-12(7-10(11)15)19-5-6-20-13/h3-4,7-8H,5-6,9,15H2,1-2H3. The molecule has 0 atom stereocenters. The summed E-state index contributed by atoms with van der Waals surface area (Å²) in [6.07, 6.45) is 3.71. The quantitative estimate of drug-likeness (QED) is 0.857. The average Bonchev–Trinajstić information content (AvgIpc) is 2.83. The van der Waals surface area contributed by atoms with Crippen molar-refractivity contribution in [2.45, 2.75) is 6.54 Å². The van der Waals surface area contributed by atoms with Crippen molar-refractivity contribution < 1.29 is 9.47 Å². The zero-order chi connectivity index (χ0) is 14.1. The Balaban J connectivity index is 1.87. The van der Waals surface area contributed by atoms with E-state index in [1.165, 1.54) is 0 Å². The van der Waals surface area contributed by atoms with Gasteiger partial charge in [-0.15, -0.1) is 0 Å². The number of hydrogen-bond acceptors (Lipinski definition) is 5. The Morgan fingerprint density at radius 3 is 2.65 bits per heavy atom. The minimum Gasteiger partial charge on any atom is -0.486 e. The molecule has 0 radical (unpaired) electrons. The summed E-state index contributed by atoms with van der Waals surface area (Å²) < 4.78 is 13.1. The van der Waals surface area contributed by atoms with E-state index in [1.54, 1.807) is 6.20 Å². The van der Waals surface area contributed by atoms with Crippen LogP contribution in [0.15, 0.2) is 24.5 Å². The molecule has 1 aliphatic heterocycles. The van der Waals surface area contributed by atoms with Crippen molar-refractivity contribution >= 4 is 11.4 Å². The Morgan fingerprint density at radius 2 is 2.00 bits per heavy atom. The summed E-state index contributed by atoms with van der Waals surface area (Å²) in [6.45, 7) is 1.81. The van der Waals surface area contributed by atoms with Crippen molar-refractivity contribution in [3.8, 4) is 11.5 Å². The molecule has 0 saturated heterocycles. The molecule has 3 rings (SSSR count). The third-order valence-corrected chi connectivity index (χ3v) is 3.40. The zero-order valence-electron chi connectivity index (χ0n) is 11.7. The summed E-state index contributed by atoms with van der Waals surface area (Å²) >= 11 is 0. The number of nitrogens with zero attached hydrogens (tertiary/aromatic N) is 3. The van der Waals surface area contributed by atoms with Gasteiger partial charge in [-0.25, -0.2) is 4.98 Å². The third-order valence-electron chi connectivity index (χ3n) is 3.40. The first-order chi connectivity index (χ1) is 9.65. The van der Waals surface area contributed by atoms with Crippen LogP contribution in [0.2, 0.25) is 0 Å². The predicted molar refractivity (Wildman–Crippen MR) is 77.2 cm³/mol. The van der Waals surface area contributed by atoms with Crippen molar-refractivity contribution in [2.75, 3.05) is 30.9 Å². The van der Waals surface area contributed by atoms with E-state index in [2.05, 4.69) is 9.88 Å². The largest absolute Gasteiger partial charge is 0.486 e. The summed E-state index contributed by atoms with van der Waals surface area (Å²) in [7, 11) is 3.96. The summed E-state index contributed by atoms with van der Waals surface area (Å²) in [5, 5.41) is 0. The Kier molecular flexibility index (Phi) is 3.14. The lowest BCUT2D eigenvalue weighted by atomic mass is 10.2. The number of aryl methyl sites for hydroxylation is 1. The second-order valence-electron chi connectivity index (χ2n) is 4.87. The number of rotatable bonds is 3. The molecular formula is C14H18N4O2. The van der Waals surface area contributed by atoms with E-state index >= 15 is 0 Å². The van der Waals surface area contributed by atoms with E-state index in [-0.39, 0.29) is 0 Å². The molecule has 106 valence electrons. The number of benzene rings is 1. The molecule has 2 N–H and O–H groups in total. The van der Waals surface area contributed by atoms with Crippen LogP contribution >= 0.6 is 0 Å². The van der Waals surface area contributed by atoms with E-state index in [9.17, 15) is 0 Å². The normalized spacial score (nSPS) is 13.3. The van der Waals surface area contributed by atoms with Gasteiger partial charge in [0.1, 0.15) is 19.0 Å². The van der Waals surface area contributed by atoms with Crippen LogP contribution in [0.3, 0.4) is 0 Å². The highest BCUT2D eigenvalue weighted by Gasteiger charge is 2.17. The number of fused-ring (bicyclic) bond motifs is 1. The van der Waals surface area contributed by atoms with Gasteiger partial charge in [-0.3, -0.25) is 0 Å². The molecule has 0 bridgehead atoms. The Labute approximate surface area is 117 Å². The molecule has 1 aromatic carbocycles. The third kappa shape index (κ3) is 2.24. The maximum Gasteiger partial charge on any atom is 0.163 e. The van der Waals surface area contributed by atoms with Crippen molar-refractivity contribution in [3.63, 3.8) is 0 Å². The maximum atomic E-state index is 6.11. The van der Waals surface area contributed by atoms with Gasteiger partial charge in [-0.05, 0) is 0 Å². The van der Waals surface area contributed by atoms with Crippen molar-refractivity contribution in [2.24, 2.45) is 7.05 Å². The van der Waals surface area contributed by atoms with Crippen LogP contribution in [0, 0.1) is 0 Å². The van der Waals surface area contributed by atoms with E-state index in [1.807, 2.05) is 37.0 Å². The molecule has 6 heteroatoms. The Hall–Kier alpha value is -2.37. The first kappa shape index (κ1) is 12.7. The lowest BCUT2D eigenvalue weighted by molar-refractivity contribution is 0.172. The Bertz CT molecular complexity index is 624. The Morgan fingerprint density at radius 1 is 1.30 bits per heavy atom. The number of anilines is 2. The van der Waals surface area contributed by atoms with Gasteiger partial charge in [-0.2, -0.15) is 0 Å². The van der Waals surface area contributed by atoms with Gasteiger partial charge in [0.2, 0.25) is 0 Å². The lowest BCUT2D eigenvalue weighted by Gasteiger charge is -2.25. The predicted octanol–water partition coefficient (Wildman–Crippen LogP) is 1.41. The van der Waals surface area contributed by atoms with Crippen LogP contribution in [0.4, 0.5) is 11.4 Å². The highest BCUT2D eigenvalue weighted by molar-refractivity contribution is 5.73. The number of nitrogens with two attached hydrogens (primary N) is 1. The fraction of sp³-hybridized carbons (Fsp3) is 0.357. The highest BCUT2D eigenvalue weighted by Crippen LogP contribution is 2.38. The van der Waals surface area contributed by atoms with E-state index < -0.39 is 0 Å². The smallest absolute Gasteiger partial charge is 0.163 e. The number of ether oxygens (including phenoxy) is 2. The minimum atomic E-state index is 0.564. The van der Waals surface area contributed by atoms with Gasteiger partial charge in [-0.1, -0.05) is 0 Å². The molecule has 1 aliphatic rings. The average molecular weight is 274 g/mol. The SMILES string of the molecule is CN(Cc1nccn1C)c1cc2c(cc1N)OCCO2. The number of nitrogen functional groups attached to an aromatic ring is 1. The van der Waals surface area contributed by atoms with Crippen LogP contribution in [0.5, 0.6) is 11.5 Å². The summed E-state index contributed by atoms with van der Waals surface area (Å²) in [5.41, 5.74) is 7.69. The fourth-order valence-corrected chi connectivity index (χ4v) is 2.27. The number of aromatic nitrogens is 2. The van der Waals surface area contributed by atoms with Gasteiger partial charge in [0.15, 0.2) is 11.5 Å². The molecule has 0 spiro atoms. The van der Waals surface area contributed by atoms with Crippen molar-refractivity contribution in [1.82, 2.24) is 9.55 Å². The molecule has 0 fully saturated rings. The maximum absolute atomic E-state index is 6.11. The molecule has 0 saturated carbocycles. The van der Waals surface area contributed by atoms with Crippen LogP contribution in [-0.4, -0.2) is 29.8 Å². The molecule has 2 heterocycles. The summed E-state index contributed by atoms with van der Waals surface area (Å²) in [5.74, 6) is 2.43. The lowest BCUT2D eigenvalue weighted by Crippen LogP contribution is -2.21. The van der Waals surface area contributed by atoms with Crippen molar-refractivity contribution in [3.05, 3.63) is 30.4 Å². The zero-order valence-corrected chi connectivity index (χ0v) is 11.7. The molecule has 20 heavy (non-hydrogen) atoms. The molecular weight excluding hydrogens is 256 g/mol. The molecule has 0 unspecified atom stereocenters. The molecule has 2 aromatic rings. The molecule has 6 nitrogen and oxygen atoms in total. The molecule has 0 amide bonds. The van der Waals surface area contributed by atoms with Crippen LogP contribution < -0.4 is 20.1 Å².